The van der Waals surface area contributed by atoms with Crippen LogP contribution in [0.1, 0.15) is 33.5 Å². The number of hydrogen-bond donors (Lipinski definition) is 2. The standard InChI is InChI=1S/C18H17NO3/c1-11-7-8-12(2)13(9-11)16(20)10-18(22)14-5-3-4-6-15(14)19-17(18)21/h3-9,22H,10H2,1-2H3,(H,19,21)/t18-/m1/s1. The van der Waals surface area contributed by atoms with Crippen molar-refractivity contribution in [3.05, 3.63) is 64.7 Å². The zero-order valence-electron chi connectivity index (χ0n) is 12.5. The molecule has 1 aliphatic heterocycles. The number of hydrogen-bond acceptors (Lipinski definition) is 3. The number of aliphatic hydroxyl groups is 1. The van der Waals surface area contributed by atoms with Gasteiger partial charge in [-0.2, -0.15) is 0 Å². The second kappa shape index (κ2) is 5.07. The molecule has 0 fully saturated rings. The van der Waals surface area contributed by atoms with Gasteiger partial charge in [-0.05, 0) is 31.5 Å². The minimum Gasteiger partial charge on any atom is -0.375 e. The molecule has 3 rings (SSSR count). The first-order chi connectivity index (χ1) is 10.4. The van der Waals surface area contributed by atoms with E-state index in [1.807, 2.05) is 26.0 Å². The first-order valence-corrected chi connectivity index (χ1v) is 7.15. The summed E-state index contributed by atoms with van der Waals surface area (Å²) in [6, 6.07) is 12.5. The van der Waals surface area contributed by atoms with E-state index in [4.69, 9.17) is 0 Å². The van der Waals surface area contributed by atoms with Gasteiger partial charge in [0, 0.05) is 16.8 Å². The van der Waals surface area contributed by atoms with Gasteiger partial charge in [0.1, 0.15) is 0 Å². The highest BCUT2D eigenvalue weighted by molar-refractivity contribution is 6.09. The van der Waals surface area contributed by atoms with E-state index in [1.165, 1.54) is 0 Å². The average molecular weight is 295 g/mol. The zero-order chi connectivity index (χ0) is 15.9. The summed E-state index contributed by atoms with van der Waals surface area (Å²) in [5.41, 5.74) is 1.57. The topological polar surface area (TPSA) is 66.4 Å². The molecule has 1 aliphatic rings. The number of rotatable bonds is 3. The summed E-state index contributed by atoms with van der Waals surface area (Å²) in [4.78, 5) is 24.8. The van der Waals surface area contributed by atoms with Gasteiger partial charge in [-0.15, -0.1) is 0 Å². The van der Waals surface area contributed by atoms with Crippen molar-refractivity contribution in [3.63, 3.8) is 0 Å². The molecule has 1 heterocycles. The van der Waals surface area contributed by atoms with Gasteiger partial charge in [0.2, 0.25) is 0 Å². The van der Waals surface area contributed by atoms with Crippen LogP contribution in [0, 0.1) is 13.8 Å². The SMILES string of the molecule is Cc1ccc(C)c(C(=O)C[C@]2(O)C(=O)Nc3ccccc32)c1. The van der Waals surface area contributed by atoms with E-state index in [-0.39, 0.29) is 12.2 Å². The second-order valence-corrected chi connectivity index (χ2v) is 5.78. The fourth-order valence-corrected chi connectivity index (χ4v) is 2.84. The van der Waals surface area contributed by atoms with E-state index in [2.05, 4.69) is 5.32 Å². The van der Waals surface area contributed by atoms with Gasteiger partial charge in [0.15, 0.2) is 11.4 Å². The number of para-hydroxylation sites is 1. The van der Waals surface area contributed by atoms with Crippen molar-refractivity contribution in [1.29, 1.82) is 0 Å². The Labute approximate surface area is 128 Å². The lowest BCUT2D eigenvalue weighted by molar-refractivity contribution is -0.133. The predicted molar refractivity (Wildman–Crippen MR) is 83.8 cm³/mol. The minimum atomic E-state index is -1.80. The predicted octanol–water partition coefficient (Wildman–Crippen LogP) is 2.72. The Bertz CT molecular complexity index is 782. The summed E-state index contributed by atoms with van der Waals surface area (Å²) >= 11 is 0. The van der Waals surface area contributed by atoms with E-state index in [0.29, 0.717) is 16.8 Å². The Morgan fingerprint density at radius 2 is 1.91 bits per heavy atom. The van der Waals surface area contributed by atoms with E-state index >= 15 is 0 Å². The lowest BCUT2D eigenvalue weighted by Gasteiger charge is -2.20. The molecule has 2 aromatic carbocycles. The zero-order valence-corrected chi connectivity index (χ0v) is 12.5. The fraction of sp³-hybridized carbons (Fsp3) is 0.222. The molecule has 0 bridgehead atoms. The number of nitrogens with one attached hydrogen (secondary N) is 1. The maximum absolute atomic E-state index is 12.6. The normalized spacial score (nSPS) is 19.7. The molecule has 0 saturated carbocycles. The van der Waals surface area contributed by atoms with Crippen LogP contribution in [0.2, 0.25) is 0 Å². The van der Waals surface area contributed by atoms with Gasteiger partial charge in [-0.3, -0.25) is 9.59 Å². The molecule has 2 aromatic rings. The molecular formula is C18H17NO3. The molecule has 0 aliphatic carbocycles. The lowest BCUT2D eigenvalue weighted by Crippen LogP contribution is -2.36. The van der Waals surface area contributed by atoms with Crippen LogP contribution in [-0.4, -0.2) is 16.8 Å². The second-order valence-electron chi connectivity index (χ2n) is 5.78. The summed E-state index contributed by atoms with van der Waals surface area (Å²) in [7, 11) is 0. The molecular weight excluding hydrogens is 278 g/mol. The Kier molecular flexibility index (Phi) is 3.34. The molecule has 0 unspecified atom stereocenters. The molecule has 0 radical (unpaired) electrons. The Morgan fingerprint density at radius 1 is 1.18 bits per heavy atom. The molecule has 4 heteroatoms. The van der Waals surface area contributed by atoms with E-state index in [1.54, 1.807) is 30.3 Å². The maximum atomic E-state index is 12.6. The van der Waals surface area contributed by atoms with Crippen LogP contribution in [0.3, 0.4) is 0 Å². The largest absolute Gasteiger partial charge is 0.375 e. The van der Waals surface area contributed by atoms with Gasteiger partial charge >= 0.3 is 0 Å². The number of benzene rings is 2. The van der Waals surface area contributed by atoms with E-state index in [0.717, 1.165) is 11.1 Å². The highest BCUT2D eigenvalue weighted by Gasteiger charge is 2.46. The number of ketones is 1. The van der Waals surface area contributed by atoms with E-state index in [9.17, 15) is 14.7 Å². The third-order valence-electron chi connectivity index (χ3n) is 4.11. The van der Waals surface area contributed by atoms with Crippen molar-refractivity contribution in [2.24, 2.45) is 0 Å². The molecule has 112 valence electrons. The smallest absolute Gasteiger partial charge is 0.261 e. The van der Waals surface area contributed by atoms with Crippen molar-refractivity contribution in [1.82, 2.24) is 0 Å². The van der Waals surface area contributed by atoms with Crippen molar-refractivity contribution in [2.75, 3.05) is 5.32 Å². The van der Waals surface area contributed by atoms with Crippen LogP contribution in [0.15, 0.2) is 42.5 Å². The summed E-state index contributed by atoms with van der Waals surface area (Å²) in [6.45, 7) is 3.75. The number of carbonyl (C=O) groups excluding carboxylic acids is 2. The number of anilines is 1. The minimum absolute atomic E-state index is 0.240. The highest BCUT2D eigenvalue weighted by Crippen LogP contribution is 2.38. The number of Topliss-reactive ketones (excluding diaryl/α,β-unsaturated/α-hetero) is 1. The van der Waals surface area contributed by atoms with Crippen molar-refractivity contribution < 1.29 is 14.7 Å². The van der Waals surface area contributed by atoms with Crippen LogP contribution in [0.4, 0.5) is 5.69 Å². The maximum Gasteiger partial charge on any atom is 0.261 e. The van der Waals surface area contributed by atoms with Gasteiger partial charge < -0.3 is 10.4 Å². The van der Waals surface area contributed by atoms with Gasteiger partial charge in [0.05, 0.1) is 6.42 Å². The van der Waals surface area contributed by atoms with Crippen LogP contribution < -0.4 is 5.32 Å². The fourth-order valence-electron chi connectivity index (χ4n) is 2.84. The Balaban J connectivity index is 1.97. The van der Waals surface area contributed by atoms with Crippen LogP contribution >= 0.6 is 0 Å². The van der Waals surface area contributed by atoms with Gasteiger partial charge in [0.25, 0.3) is 5.91 Å². The van der Waals surface area contributed by atoms with Crippen LogP contribution in [-0.2, 0) is 10.4 Å². The number of carbonyl (C=O) groups is 2. The Hall–Kier alpha value is -2.46. The molecule has 1 atom stereocenters. The summed E-state index contributed by atoms with van der Waals surface area (Å²) in [5.74, 6) is -0.789. The summed E-state index contributed by atoms with van der Waals surface area (Å²) < 4.78 is 0. The van der Waals surface area contributed by atoms with Gasteiger partial charge in [-0.25, -0.2) is 0 Å². The first-order valence-electron chi connectivity index (χ1n) is 7.15. The molecule has 22 heavy (non-hydrogen) atoms. The third-order valence-corrected chi connectivity index (χ3v) is 4.11. The van der Waals surface area contributed by atoms with Crippen molar-refractivity contribution >= 4 is 17.4 Å². The molecule has 0 aromatic heterocycles. The molecule has 0 spiro atoms. The average Bonchev–Trinajstić information content (AvgIpc) is 2.73. The van der Waals surface area contributed by atoms with Gasteiger partial charge in [-0.1, -0.05) is 35.9 Å². The summed E-state index contributed by atoms with van der Waals surface area (Å²) in [5, 5.41) is 13.4. The highest BCUT2D eigenvalue weighted by atomic mass is 16.3. The monoisotopic (exact) mass is 295 g/mol. The molecule has 2 N–H and O–H groups in total. The van der Waals surface area contributed by atoms with E-state index < -0.39 is 11.5 Å². The molecule has 1 amide bonds. The summed E-state index contributed by atoms with van der Waals surface area (Å²) in [6.07, 6.45) is -0.264. The quantitative estimate of drug-likeness (QED) is 0.856. The van der Waals surface area contributed by atoms with Crippen LogP contribution in [0.25, 0.3) is 0 Å². The molecule has 4 nitrogen and oxygen atoms in total. The first kappa shape index (κ1) is 14.5. The third kappa shape index (κ3) is 2.22. The number of aryl methyl sites for hydroxylation is 2. The molecule has 0 saturated heterocycles. The lowest BCUT2D eigenvalue weighted by atomic mass is 9.87. The number of amides is 1. The van der Waals surface area contributed by atoms with Crippen LogP contribution in [0.5, 0.6) is 0 Å². The van der Waals surface area contributed by atoms with Crippen molar-refractivity contribution in [3.8, 4) is 0 Å². The van der Waals surface area contributed by atoms with Crippen molar-refractivity contribution in [2.45, 2.75) is 25.9 Å². The number of fused-ring (bicyclic) bond motifs is 1. The Morgan fingerprint density at radius 3 is 2.68 bits per heavy atom.